The zero-order chi connectivity index (χ0) is 14.9. The average Bonchev–Trinajstić information content (AvgIpc) is 2.79. The molecule has 0 bridgehead atoms. The lowest BCUT2D eigenvalue weighted by molar-refractivity contribution is -0.384. The first-order valence-electron chi connectivity index (χ1n) is 6.03. The molecule has 0 unspecified atom stereocenters. The normalized spacial score (nSPS) is 10.8. The van der Waals surface area contributed by atoms with Gasteiger partial charge in [0.1, 0.15) is 5.75 Å². The number of hydrogen-bond acceptors (Lipinski definition) is 6. The number of nitro groups is 1. The van der Waals surface area contributed by atoms with Crippen molar-refractivity contribution in [1.82, 2.24) is 5.16 Å². The number of benzene rings is 1. The highest BCUT2D eigenvalue weighted by Gasteiger charge is 2.22. The van der Waals surface area contributed by atoms with Gasteiger partial charge in [-0.2, -0.15) is 0 Å². The average molecular weight is 277 g/mol. The molecule has 0 aliphatic heterocycles. The highest BCUT2D eigenvalue weighted by molar-refractivity contribution is 5.73. The van der Waals surface area contributed by atoms with Gasteiger partial charge in [-0.25, -0.2) is 0 Å². The highest BCUT2D eigenvalue weighted by atomic mass is 16.6. The number of nitro benzene ring substituents is 1. The van der Waals surface area contributed by atoms with E-state index in [1.807, 2.05) is 13.8 Å². The maximum Gasteiger partial charge on any atom is 0.273 e. The molecule has 7 heteroatoms. The molecule has 0 spiro atoms. The fourth-order valence-electron chi connectivity index (χ4n) is 2.04. The van der Waals surface area contributed by atoms with E-state index in [2.05, 4.69) is 5.16 Å². The van der Waals surface area contributed by atoms with E-state index in [1.165, 1.54) is 19.2 Å². The molecule has 1 aromatic heterocycles. The van der Waals surface area contributed by atoms with Crippen LogP contribution in [0.3, 0.4) is 0 Å². The highest BCUT2D eigenvalue weighted by Crippen LogP contribution is 2.39. The van der Waals surface area contributed by atoms with Crippen LogP contribution >= 0.6 is 0 Å². The number of ether oxygens (including phenoxy) is 1. The largest absolute Gasteiger partial charge is 0.496 e. The molecule has 0 amide bonds. The lowest BCUT2D eigenvalue weighted by Gasteiger charge is -2.09. The van der Waals surface area contributed by atoms with Crippen molar-refractivity contribution in [1.29, 1.82) is 0 Å². The van der Waals surface area contributed by atoms with E-state index in [0.29, 0.717) is 22.9 Å². The van der Waals surface area contributed by atoms with Crippen molar-refractivity contribution in [3.8, 4) is 17.1 Å². The maximum absolute atomic E-state index is 10.8. The quantitative estimate of drug-likeness (QED) is 0.680. The Morgan fingerprint density at radius 1 is 1.45 bits per heavy atom. The first-order valence-corrected chi connectivity index (χ1v) is 6.03. The summed E-state index contributed by atoms with van der Waals surface area (Å²) in [6, 6.07) is 4.31. The van der Waals surface area contributed by atoms with E-state index in [-0.39, 0.29) is 11.6 Å². The van der Waals surface area contributed by atoms with E-state index in [4.69, 9.17) is 15.0 Å². The molecular formula is C13H15N3O4. The number of hydrogen-bond donors (Lipinski definition) is 1. The van der Waals surface area contributed by atoms with Crippen LogP contribution in [0, 0.1) is 10.1 Å². The Hall–Kier alpha value is -2.57. The zero-order valence-electron chi connectivity index (χ0n) is 11.4. The molecule has 1 heterocycles. The molecule has 0 fully saturated rings. The van der Waals surface area contributed by atoms with Crippen LogP contribution in [0.4, 0.5) is 11.5 Å². The van der Waals surface area contributed by atoms with Crippen molar-refractivity contribution in [2.45, 2.75) is 19.8 Å². The molecule has 0 atom stereocenters. The van der Waals surface area contributed by atoms with Crippen molar-refractivity contribution in [3.63, 3.8) is 0 Å². The van der Waals surface area contributed by atoms with Crippen LogP contribution < -0.4 is 10.5 Å². The molecule has 0 saturated carbocycles. The third kappa shape index (κ3) is 2.29. The Bertz CT molecular complexity index is 649. The maximum atomic E-state index is 10.8. The number of non-ortho nitro benzene ring substituents is 1. The summed E-state index contributed by atoms with van der Waals surface area (Å²) in [7, 11) is 1.44. The molecule has 0 aliphatic carbocycles. The summed E-state index contributed by atoms with van der Waals surface area (Å²) in [6.07, 6.45) is 0. The number of nitrogens with two attached hydrogens (primary N) is 1. The Morgan fingerprint density at radius 2 is 2.15 bits per heavy atom. The van der Waals surface area contributed by atoms with Gasteiger partial charge in [0, 0.05) is 11.6 Å². The predicted molar refractivity (Wildman–Crippen MR) is 73.6 cm³/mol. The molecule has 7 nitrogen and oxygen atoms in total. The minimum absolute atomic E-state index is 0.0517. The number of nitrogens with zero attached hydrogens (tertiary/aromatic N) is 2. The first-order chi connectivity index (χ1) is 9.45. The van der Waals surface area contributed by atoms with Gasteiger partial charge in [0.25, 0.3) is 5.69 Å². The Morgan fingerprint density at radius 3 is 2.70 bits per heavy atom. The number of aromatic nitrogens is 1. The smallest absolute Gasteiger partial charge is 0.273 e. The minimum atomic E-state index is -0.482. The van der Waals surface area contributed by atoms with Crippen LogP contribution in [-0.4, -0.2) is 17.2 Å². The molecule has 1 aromatic carbocycles. The number of methoxy groups -OCH3 is 1. The van der Waals surface area contributed by atoms with Crippen molar-refractivity contribution in [2.24, 2.45) is 0 Å². The van der Waals surface area contributed by atoms with E-state index in [1.54, 1.807) is 6.07 Å². The van der Waals surface area contributed by atoms with Gasteiger partial charge in [0.2, 0.25) is 0 Å². The van der Waals surface area contributed by atoms with Crippen LogP contribution in [0.2, 0.25) is 0 Å². The predicted octanol–water partition coefficient (Wildman–Crippen LogP) is 2.96. The van der Waals surface area contributed by atoms with E-state index < -0.39 is 4.92 Å². The second-order valence-corrected chi connectivity index (χ2v) is 4.61. The molecular weight excluding hydrogens is 262 g/mol. The van der Waals surface area contributed by atoms with E-state index in [9.17, 15) is 10.1 Å². The molecule has 2 N–H and O–H groups in total. The summed E-state index contributed by atoms with van der Waals surface area (Å²) < 4.78 is 10.5. The van der Waals surface area contributed by atoms with Gasteiger partial charge >= 0.3 is 0 Å². The molecule has 0 radical (unpaired) electrons. The van der Waals surface area contributed by atoms with Gasteiger partial charge in [-0.15, -0.1) is 0 Å². The lowest BCUT2D eigenvalue weighted by atomic mass is 9.98. The lowest BCUT2D eigenvalue weighted by Crippen LogP contribution is -1.97. The molecule has 106 valence electrons. The summed E-state index contributed by atoms with van der Waals surface area (Å²) in [5, 5.41) is 14.6. The summed E-state index contributed by atoms with van der Waals surface area (Å²) in [5.74, 6) is 1.24. The van der Waals surface area contributed by atoms with Gasteiger partial charge in [-0.1, -0.05) is 19.0 Å². The van der Waals surface area contributed by atoms with Crippen molar-refractivity contribution in [3.05, 3.63) is 33.9 Å². The van der Waals surface area contributed by atoms with Gasteiger partial charge < -0.3 is 15.0 Å². The Labute approximate surface area is 115 Å². The second-order valence-electron chi connectivity index (χ2n) is 4.61. The minimum Gasteiger partial charge on any atom is -0.496 e. The summed E-state index contributed by atoms with van der Waals surface area (Å²) >= 11 is 0. The van der Waals surface area contributed by atoms with Crippen LogP contribution in [0.5, 0.6) is 5.75 Å². The van der Waals surface area contributed by atoms with Crippen LogP contribution in [0.1, 0.15) is 25.3 Å². The summed E-state index contributed by atoms with van der Waals surface area (Å²) in [4.78, 5) is 10.3. The monoisotopic (exact) mass is 277 g/mol. The van der Waals surface area contributed by atoms with Crippen LogP contribution in [-0.2, 0) is 0 Å². The molecule has 2 aromatic rings. The fraction of sp³-hybridized carbons (Fsp3) is 0.308. The van der Waals surface area contributed by atoms with Crippen LogP contribution in [0.25, 0.3) is 11.3 Å². The standard InChI is InChI=1S/C13H15N3O4/c1-7(2)11-12(20-15-13(11)14)9-5-4-8(16(17)18)6-10(9)19-3/h4-7H,1-3H3,(H2,14,15). The number of nitrogen functional groups attached to an aromatic ring is 1. The third-order valence-electron chi connectivity index (χ3n) is 2.97. The van der Waals surface area contributed by atoms with Gasteiger partial charge in [0.05, 0.1) is 23.7 Å². The van der Waals surface area contributed by atoms with E-state index >= 15 is 0 Å². The summed E-state index contributed by atoms with van der Waals surface area (Å²) in [6.45, 7) is 3.93. The zero-order valence-corrected chi connectivity index (χ0v) is 11.4. The van der Waals surface area contributed by atoms with E-state index in [0.717, 1.165) is 5.56 Å². The van der Waals surface area contributed by atoms with Gasteiger partial charge in [-0.05, 0) is 12.0 Å². The van der Waals surface area contributed by atoms with Crippen molar-refractivity contribution >= 4 is 11.5 Å². The Kier molecular flexibility index (Phi) is 3.60. The van der Waals surface area contributed by atoms with Crippen molar-refractivity contribution < 1.29 is 14.2 Å². The van der Waals surface area contributed by atoms with Gasteiger partial charge in [0.15, 0.2) is 11.6 Å². The second kappa shape index (κ2) is 5.20. The molecule has 0 aliphatic rings. The topological polar surface area (TPSA) is 104 Å². The first kappa shape index (κ1) is 13.9. The molecule has 20 heavy (non-hydrogen) atoms. The number of anilines is 1. The Balaban J connectivity index is 2.61. The van der Waals surface area contributed by atoms with Crippen LogP contribution in [0.15, 0.2) is 22.7 Å². The number of rotatable bonds is 4. The fourth-order valence-corrected chi connectivity index (χ4v) is 2.04. The third-order valence-corrected chi connectivity index (χ3v) is 2.97. The summed E-state index contributed by atoms with van der Waals surface area (Å²) in [5.41, 5.74) is 7.09. The molecule has 0 saturated heterocycles. The van der Waals surface area contributed by atoms with Gasteiger partial charge in [-0.3, -0.25) is 10.1 Å². The molecule has 2 rings (SSSR count). The van der Waals surface area contributed by atoms with Crippen molar-refractivity contribution in [2.75, 3.05) is 12.8 Å². The SMILES string of the molecule is COc1cc([N+](=O)[O-])ccc1-c1onc(N)c1C(C)C.